The summed E-state index contributed by atoms with van der Waals surface area (Å²) in [6.07, 6.45) is 1.76. The standard InChI is InChI=1S/C13H10ClN3O/c14-12-11-5-4-9(15)7-17(11)13(16-12)8-2-1-3-10(18)6-8/h1-7,18H,15H2. The van der Waals surface area contributed by atoms with Crippen LogP contribution >= 0.6 is 11.6 Å². The Morgan fingerprint density at radius 3 is 2.83 bits per heavy atom. The summed E-state index contributed by atoms with van der Waals surface area (Å²) in [5.74, 6) is 0.836. The highest BCUT2D eigenvalue weighted by atomic mass is 35.5. The van der Waals surface area contributed by atoms with Crippen LogP contribution in [-0.4, -0.2) is 14.5 Å². The number of halogens is 1. The van der Waals surface area contributed by atoms with E-state index in [0.29, 0.717) is 16.7 Å². The summed E-state index contributed by atoms with van der Waals surface area (Å²) in [5.41, 5.74) is 7.95. The molecule has 1 aromatic carbocycles. The summed E-state index contributed by atoms with van der Waals surface area (Å²) in [7, 11) is 0. The van der Waals surface area contributed by atoms with Crippen LogP contribution < -0.4 is 5.73 Å². The maximum absolute atomic E-state index is 9.51. The lowest BCUT2D eigenvalue weighted by molar-refractivity contribution is 0.475. The minimum atomic E-state index is 0.185. The minimum Gasteiger partial charge on any atom is -0.508 e. The lowest BCUT2D eigenvalue weighted by Gasteiger charge is -2.02. The molecule has 0 fully saturated rings. The second-order valence-corrected chi connectivity index (χ2v) is 4.35. The summed E-state index contributed by atoms with van der Waals surface area (Å²) < 4.78 is 1.81. The third-order valence-corrected chi connectivity index (χ3v) is 3.00. The second-order valence-electron chi connectivity index (χ2n) is 3.99. The number of pyridine rings is 1. The average molecular weight is 260 g/mol. The molecule has 2 aromatic heterocycles. The number of nitrogens with zero attached hydrogens (tertiary/aromatic N) is 2. The normalized spacial score (nSPS) is 10.9. The first-order valence-electron chi connectivity index (χ1n) is 5.37. The Hall–Kier alpha value is -2.20. The maximum Gasteiger partial charge on any atom is 0.155 e. The molecular formula is C13H10ClN3O. The molecule has 0 spiro atoms. The summed E-state index contributed by atoms with van der Waals surface area (Å²) in [4.78, 5) is 4.30. The van der Waals surface area contributed by atoms with E-state index in [9.17, 15) is 5.11 Å². The van der Waals surface area contributed by atoms with E-state index in [1.54, 1.807) is 30.5 Å². The number of hydrogen-bond acceptors (Lipinski definition) is 3. The zero-order valence-electron chi connectivity index (χ0n) is 9.34. The van der Waals surface area contributed by atoms with Crippen molar-refractivity contribution in [2.45, 2.75) is 0 Å². The van der Waals surface area contributed by atoms with Gasteiger partial charge in [0.25, 0.3) is 0 Å². The van der Waals surface area contributed by atoms with Crippen molar-refractivity contribution >= 4 is 22.8 Å². The van der Waals surface area contributed by atoms with E-state index >= 15 is 0 Å². The smallest absolute Gasteiger partial charge is 0.155 e. The Bertz CT molecular complexity index is 736. The van der Waals surface area contributed by atoms with Gasteiger partial charge in [-0.25, -0.2) is 4.98 Å². The molecule has 0 aliphatic heterocycles. The number of nitrogens with two attached hydrogens (primary N) is 1. The number of benzene rings is 1. The van der Waals surface area contributed by atoms with Gasteiger partial charge in [0.15, 0.2) is 5.15 Å². The predicted molar refractivity (Wildman–Crippen MR) is 71.7 cm³/mol. The first-order chi connectivity index (χ1) is 8.65. The molecule has 0 atom stereocenters. The molecule has 0 aliphatic carbocycles. The molecule has 3 aromatic rings. The third-order valence-electron chi connectivity index (χ3n) is 2.72. The van der Waals surface area contributed by atoms with Crippen LogP contribution in [0.25, 0.3) is 16.9 Å². The molecule has 90 valence electrons. The van der Waals surface area contributed by atoms with Crippen molar-refractivity contribution in [2.75, 3.05) is 5.73 Å². The van der Waals surface area contributed by atoms with Gasteiger partial charge < -0.3 is 10.8 Å². The molecule has 4 nitrogen and oxygen atoms in total. The highest BCUT2D eigenvalue weighted by molar-refractivity contribution is 6.32. The van der Waals surface area contributed by atoms with E-state index in [1.807, 2.05) is 16.5 Å². The molecule has 3 rings (SSSR count). The summed E-state index contributed by atoms with van der Waals surface area (Å²) in [6, 6.07) is 10.4. The van der Waals surface area contributed by atoms with Crippen molar-refractivity contribution in [1.29, 1.82) is 0 Å². The van der Waals surface area contributed by atoms with Crippen LogP contribution in [0.15, 0.2) is 42.6 Å². The van der Waals surface area contributed by atoms with Crippen molar-refractivity contribution in [1.82, 2.24) is 9.38 Å². The van der Waals surface area contributed by atoms with Crippen molar-refractivity contribution in [2.24, 2.45) is 0 Å². The summed E-state index contributed by atoms with van der Waals surface area (Å²) >= 11 is 6.08. The first-order valence-corrected chi connectivity index (χ1v) is 5.75. The lowest BCUT2D eigenvalue weighted by Crippen LogP contribution is -1.92. The number of phenolic OH excluding ortho intramolecular Hbond substituents is 1. The van der Waals surface area contributed by atoms with Gasteiger partial charge in [0.2, 0.25) is 0 Å². The topological polar surface area (TPSA) is 63.5 Å². The molecule has 5 heteroatoms. The highest BCUT2D eigenvalue weighted by Crippen LogP contribution is 2.28. The monoisotopic (exact) mass is 259 g/mol. The predicted octanol–water partition coefficient (Wildman–Crippen LogP) is 2.94. The fourth-order valence-electron chi connectivity index (χ4n) is 1.91. The van der Waals surface area contributed by atoms with Gasteiger partial charge in [-0.2, -0.15) is 0 Å². The minimum absolute atomic E-state index is 0.185. The molecule has 0 unspecified atom stereocenters. The quantitative estimate of drug-likeness (QED) is 0.706. The van der Waals surface area contributed by atoms with Crippen LogP contribution in [0.1, 0.15) is 0 Å². The van der Waals surface area contributed by atoms with Crippen LogP contribution in [0.5, 0.6) is 5.75 Å². The number of rotatable bonds is 1. The van der Waals surface area contributed by atoms with Gasteiger partial charge in [0, 0.05) is 17.4 Å². The lowest BCUT2D eigenvalue weighted by atomic mass is 10.2. The summed E-state index contributed by atoms with van der Waals surface area (Å²) in [6.45, 7) is 0. The molecule has 3 N–H and O–H groups in total. The molecular weight excluding hydrogens is 250 g/mol. The molecule has 18 heavy (non-hydrogen) atoms. The molecule has 0 saturated heterocycles. The second kappa shape index (κ2) is 3.92. The van der Waals surface area contributed by atoms with Crippen LogP contribution in [0, 0.1) is 0 Å². The number of aromatic nitrogens is 2. The van der Waals surface area contributed by atoms with Crippen molar-refractivity contribution < 1.29 is 5.11 Å². The van der Waals surface area contributed by atoms with E-state index in [4.69, 9.17) is 17.3 Å². The summed E-state index contributed by atoms with van der Waals surface area (Å²) in [5, 5.41) is 9.92. The molecule has 0 aliphatic rings. The first kappa shape index (κ1) is 10.9. The van der Waals surface area contributed by atoms with Crippen molar-refractivity contribution in [3.05, 3.63) is 47.7 Å². The number of imidazole rings is 1. The maximum atomic E-state index is 9.51. The zero-order valence-corrected chi connectivity index (χ0v) is 10.1. The van der Waals surface area contributed by atoms with Crippen LogP contribution in [0.4, 0.5) is 5.69 Å². The molecule has 0 saturated carbocycles. The molecule has 0 bridgehead atoms. The average Bonchev–Trinajstić information content (AvgIpc) is 2.66. The Kier molecular flexibility index (Phi) is 2.38. The van der Waals surface area contributed by atoms with E-state index < -0.39 is 0 Å². The van der Waals surface area contributed by atoms with E-state index in [2.05, 4.69) is 4.98 Å². The fourth-order valence-corrected chi connectivity index (χ4v) is 2.15. The van der Waals surface area contributed by atoms with Crippen molar-refractivity contribution in [3.63, 3.8) is 0 Å². The van der Waals surface area contributed by atoms with E-state index in [-0.39, 0.29) is 5.75 Å². The van der Waals surface area contributed by atoms with Crippen LogP contribution in [0.3, 0.4) is 0 Å². The molecule has 2 heterocycles. The largest absolute Gasteiger partial charge is 0.508 e. The van der Waals surface area contributed by atoms with Gasteiger partial charge in [-0.3, -0.25) is 4.40 Å². The van der Waals surface area contributed by atoms with Gasteiger partial charge >= 0.3 is 0 Å². The Morgan fingerprint density at radius 2 is 2.06 bits per heavy atom. The number of anilines is 1. The number of nitrogen functional groups attached to an aromatic ring is 1. The number of aromatic hydroxyl groups is 1. The fraction of sp³-hybridized carbons (Fsp3) is 0. The third kappa shape index (κ3) is 1.67. The van der Waals surface area contributed by atoms with Gasteiger partial charge in [0.05, 0.1) is 5.52 Å². The van der Waals surface area contributed by atoms with Gasteiger partial charge in [-0.1, -0.05) is 23.7 Å². The van der Waals surface area contributed by atoms with Crippen LogP contribution in [-0.2, 0) is 0 Å². The number of hydrogen-bond donors (Lipinski definition) is 2. The van der Waals surface area contributed by atoms with Gasteiger partial charge in [0.1, 0.15) is 11.6 Å². The van der Waals surface area contributed by atoms with Crippen LogP contribution in [0.2, 0.25) is 5.15 Å². The SMILES string of the molecule is Nc1ccc2c(Cl)nc(-c3cccc(O)c3)n2c1. The number of fused-ring (bicyclic) bond motifs is 1. The number of phenols is 1. The molecule has 0 radical (unpaired) electrons. The highest BCUT2D eigenvalue weighted by Gasteiger charge is 2.11. The van der Waals surface area contributed by atoms with Gasteiger partial charge in [-0.05, 0) is 24.3 Å². The Balaban J connectivity index is 2.32. The van der Waals surface area contributed by atoms with Crippen molar-refractivity contribution in [3.8, 4) is 17.1 Å². The zero-order chi connectivity index (χ0) is 12.7. The van der Waals surface area contributed by atoms with E-state index in [0.717, 1.165) is 11.1 Å². The molecule has 0 amide bonds. The van der Waals surface area contributed by atoms with Gasteiger partial charge in [-0.15, -0.1) is 0 Å². The Labute approximate surface area is 108 Å². The van der Waals surface area contributed by atoms with E-state index in [1.165, 1.54) is 0 Å². The Morgan fingerprint density at radius 1 is 1.22 bits per heavy atom.